The standard InChI is InChI=1S/C9H19NO2/c1-4-7(6(2)3)8(10)5-9(11)12/h6-8H,4-5,10H2,1-3H3,(H,11,12). The monoisotopic (exact) mass is 173 g/mol. The zero-order valence-electron chi connectivity index (χ0n) is 8.08. The van der Waals surface area contributed by atoms with Crippen molar-refractivity contribution >= 4 is 5.97 Å². The fraction of sp³-hybridized carbons (Fsp3) is 0.889. The second-order valence-electron chi connectivity index (χ2n) is 3.58. The van der Waals surface area contributed by atoms with Gasteiger partial charge in [-0.1, -0.05) is 27.2 Å². The molecule has 0 aromatic carbocycles. The molecule has 12 heavy (non-hydrogen) atoms. The molecule has 0 bridgehead atoms. The molecule has 0 aliphatic rings. The van der Waals surface area contributed by atoms with Gasteiger partial charge in [0.1, 0.15) is 0 Å². The van der Waals surface area contributed by atoms with Crippen LogP contribution >= 0.6 is 0 Å². The highest BCUT2D eigenvalue weighted by Gasteiger charge is 2.21. The van der Waals surface area contributed by atoms with Gasteiger partial charge in [-0.05, 0) is 11.8 Å². The molecule has 0 aliphatic carbocycles. The van der Waals surface area contributed by atoms with Crippen molar-refractivity contribution in [3.05, 3.63) is 0 Å². The van der Waals surface area contributed by atoms with Crippen molar-refractivity contribution in [3.8, 4) is 0 Å². The van der Waals surface area contributed by atoms with Crippen LogP contribution < -0.4 is 5.73 Å². The van der Waals surface area contributed by atoms with Crippen LogP contribution in [-0.2, 0) is 4.79 Å². The van der Waals surface area contributed by atoms with Gasteiger partial charge in [0, 0.05) is 6.04 Å². The third-order valence-electron chi connectivity index (χ3n) is 2.29. The summed E-state index contributed by atoms with van der Waals surface area (Å²) in [6.07, 6.45) is 1.03. The zero-order chi connectivity index (χ0) is 9.72. The summed E-state index contributed by atoms with van der Waals surface area (Å²) in [6.45, 7) is 6.21. The predicted octanol–water partition coefficient (Wildman–Crippen LogP) is 1.47. The molecule has 3 nitrogen and oxygen atoms in total. The minimum Gasteiger partial charge on any atom is -0.481 e. The molecule has 0 saturated heterocycles. The number of hydrogen-bond acceptors (Lipinski definition) is 2. The molecule has 2 atom stereocenters. The van der Waals surface area contributed by atoms with Crippen molar-refractivity contribution in [2.24, 2.45) is 17.6 Å². The SMILES string of the molecule is CCC(C(C)C)C(N)CC(=O)O. The van der Waals surface area contributed by atoms with Crippen LogP contribution in [0.25, 0.3) is 0 Å². The highest BCUT2D eigenvalue weighted by atomic mass is 16.4. The highest BCUT2D eigenvalue weighted by molar-refractivity contribution is 5.67. The number of carboxylic acid groups (broad SMARTS) is 1. The van der Waals surface area contributed by atoms with E-state index in [-0.39, 0.29) is 12.5 Å². The smallest absolute Gasteiger partial charge is 0.304 e. The minimum atomic E-state index is -0.804. The molecule has 0 spiro atoms. The van der Waals surface area contributed by atoms with Gasteiger partial charge in [0.2, 0.25) is 0 Å². The summed E-state index contributed by atoms with van der Waals surface area (Å²) in [4.78, 5) is 10.4. The van der Waals surface area contributed by atoms with Crippen LogP contribution in [0.5, 0.6) is 0 Å². The first-order valence-corrected chi connectivity index (χ1v) is 4.46. The van der Waals surface area contributed by atoms with E-state index < -0.39 is 5.97 Å². The van der Waals surface area contributed by atoms with Gasteiger partial charge in [0.05, 0.1) is 6.42 Å². The molecule has 2 unspecified atom stereocenters. The normalized spacial score (nSPS) is 16.1. The van der Waals surface area contributed by atoms with E-state index in [2.05, 4.69) is 13.8 Å². The van der Waals surface area contributed by atoms with Gasteiger partial charge < -0.3 is 10.8 Å². The van der Waals surface area contributed by atoms with Crippen molar-refractivity contribution in [2.75, 3.05) is 0 Å². The minimum absolute atomic E-state index is 0.0800. The van der Waals surface area contributed by atoms with Gasteiger partial charge in [0.15, 0.2) is 0 Å². The van der Waals surface area contributed by atoms with E-state index in [0.717, 1.165) is 6.42 Å². The molecule has 0 aliphatic heterocycles. The molecule has 72 valence electrons. The number of carboxylic acids is 1. The van der Waals surface area contributed by atoms with E-state index >= 15 is 0 Å². The number of carbonyl (C=O) groups is 1. The first-order chi connectivity index (χ1) is 5.49. The van der Waals surface area contributed by atoms with E-state index in [9.17, 15) is 4.79 Å². The molecule has 0 rings (SSSR count). The molecule has 0 heterocycles. The predicted molar refractivity (Wildman–Crippen MR) is 48.8 cm³/mol. The van der Waals surface area contributed by atoms with Gasteiger partial charge in [0.25, 0.3) is 0 Å². The van der Waals surface area contributed by atoms with Crippen LogP contribution in [-0.4, -0.2) is 17.1 Å². The van der Waals surface area contributed by atoms with E-state index in [0.29, 0.717) is 11.8 Å². The third-order valence-corrected chi connectivity index (χ3v) is 2.29. The van der Waals surface area contributed by atoms with Crippen molar-refractivity contribution in [1.82, 2.24) is 0 Å². The average Bonchev–Trinajstić information content (AvgIpc) is 1.85. The van der Waals surface area contributed by atoms with Crippen LogP contribution in [0, 0.1) is 11.8 Å². The first kappa shape index (κ1) is 11.4. The Labute approximate surface area is 74.0 Å². The van der Waals surface area contributed by atoms with Gasteiger partial charge in [-0.2, -0.15) is 0 Å². The quantitative estimate of drug-likeness (QED) is 0.661. The summed E-state index contributed by atoms with van der Waals surface area (Å²) in [6, 6.07) is -0.201. The lowest BCUT2D eigenvalue weighted by molar-refractivity contribution is -0.137. The molecule has 0 amide bonds. The Bertz CT molecular complexity index is 145. The summed E-state index contributed by atoms with van der Waals surface area (Å²) < 4.78 is 0. The maximum absolute atomic E-state index is 10.4. The number of aliphatic carboxylic acids is 1. The average molecular weight is 173 g/mol. The van der Waals surface area contributed by atoms with Crippen LogP contribution in [0.2, 0.25) is 0 Å². The van der Waals surface area contributed by atoms with Gasteiger partial charge in [-0.25, -0.2) is 0 Å². The van der Waals surface area contributed by atoms with Crippen LogP contribution in [0.3, 0.4) is 0 Å². The van der Waals surface area contributed by atoms with Crippen molar-refractivity contribution in [1.29, 1.82) is 0 Å². The molecular weight excluding hydrogens is 154 g/mol. The largest absolute Gasteiger partial charge is 0.481 e. The Morgan fingerprint density at radius 1 is 1.50 bits per heavy atom. The van der Waals surface area contributed by atoms with Crippen LogP contribution in [0.4, 0.5) is 0 Å². The van der Waals surface area contributed by atoms with Gasteiger partial charge >= 0.3 is 5.97 Å². The highest BCUT2D eigenvalue weighted by Crippen LogP contribution is 2.19. The van der Waals surface area contributed by atoms with Crippen LogP contribution in [0.15, 0.2) is 0 Å². The first-order valence-electron chi connectivity index (χ1n) is 4.46. The Morgan fingerprint density at radius 3 is 2.25 bits per heavy atom. The van der Waals surface area contributed by atoms with E-state index in [1.165, 1.54) is 0 Å². The summed E-state index contributed by atoms with van der Waals surface area (Å²) in [7, 11) is 0. The summed E-state index contributed by atoms with van der Waals surface area (Å²) in [5.41, 5.74) is 5.75. The fourth-order valence-electron chi connectivity index (χ4n) is 1.62. The third kappa shape index (κ3) is 3.72. The number of rotatable bonds is 5. The second-order valence-corrected chi connectivity index (χ2v) is 3.58. The zero-order valence-corrected chi connectivity index (χ0v) is 8.08. The summed E-state index contributed by atoms with van der Waals surface area (Å²) in [5, 5.41) is 8.53. The second kappa shape index (κ2) is 5.14. The lowest BCUT2D eigenvalue weighted by Gasteiger charge is -2.24. The Balaban J connectivity index is 4.02. The van der Waals surface area contributed by atoms with Crippen LogP contribution in [0.1, 0.15) is 33.6 Å². The molecule has 3 N–H and O–H groups in total. The maximum atomic E-state index is 10.4. The van der Waals surface area contributed by atoms with Gasteiger partial charge in [-0.15, -0.1) is 0 Å². The maximum Gasteiger partial charge on any atom is 0.304 e. The van der Waals surface area contributed by atoms with Gasteiger partial charge in [-0.3, -0.25) is 4.79 Å². The van der Waals surface area contributed by atoms with Crippen molar-refractivity contribution in [3.63, 3.8) is 0 Å². The lowest BCUT2D eigenvalue weighted by atomic mass is 9.85. The summed E-state index contributed by atoms with van der Waals surface area (Å²) in [5.74, 6) is -0.0213. The molecule has 0 aromatic heterocycles. The Hall–Kier alpha value is -0.570. The van der Waals surface area contributed by atoms with E-state index in [1.54, 1.807) is 0 Å². The van der Waals surface area contributed by atoms with Crippen molar-refractivity contribution in [2.45, 2.75) is 39.7 Å². The lowest BCUT2D eigenvalue weighted by Crippen LogP contribution is -2.35. The molecular formula is C9H19NO2. The topological polar surface area (TPSA) is 63.3 Å². The van der Waals surface area contributed by atoms with E-state index in [4.69, 9.17) is 10.8 Å². The Morgan fingerprint density at radius 2 is 2.00 bits per heavy atom. The van der Waals surface area contributed by atoms with Crippen molar-refractivity contribution < 1.29 is 9.90 Å². The summed E-state index contributed by atoms with van der Waals surface area (Å²) >= 11 is 0. The molecule has 0 radical (unpaired) electrons. The molecule has 3 heteroatoms. The number of hydrogen-bond donors (Lipinski definition) is 2. The fourth-order valence-corrected chi connectivity index (χ4v) is 1.62. The number of nitrogens with two attached hydrogens (primary N) is 1. The molecule has 0 fully saturated rings. The molecule has 0 saturated carbocycles. The van der Waals surface area contributed by atoms with E-state index in [1.807, 2.05) is 6.92 Å². The molecule has 0 aromatic rings. The Kier molecular flexibility index (Phi) is 4.90.